The molecule has 3 rings (SSSR count). The van der Waals surface area contributed by atoms with Crippen LogP contribution in [0.2, 0.25) is 0 Å². The van der Waals surface area contributed by atoms with Gasteiger partial charge in [0.1, 0.15) is 6.34 Å². The zero-order chi connectivity index (χ0) is 15.9. The van der Waals surface area contributed by atoms with Crippen LogP contribution in [-0.4, -0.2) is 42.6 Å². The summed E-state index contributed by atoms with van der Waals surface area (Å²) in [4.78, 5) is 4.30. The normalized spacial score (nSPS) is 15.7. The molecule has 0 bridgehead atoms. The van der Waals surface area contributed by atoms with Crippen LogP contribution in [0.25, 0.3) is 0 Å². The number of hydrogen-bond acceptors (Lipinski definition) is 5. The summed E-state index contributed by atoms with van der Waals surface area (Å²) >= 11 is 0. The number of hydrogen-bond donors (Lipinski definition) is 1. The Morgan fingerprint density at radius 2 is 1.39 bits per heavy atom. The molecule has 0 radical (unpaired) electrons. The van der Waals surface area contributed by atoms with Crippen molar-refractivity contribution in [2.45, 2.75) is 0 Å². The predicted molar refractivity (Wildman–Crippen MR) is 91.1 cm³/mol. The molecule has 6 heteroatoms. The molecule has 1 N–H and O–H groups in total. The van der Waals surface area contributed by atoms with Crippen LogP contribution >= 0.6 is 0 Å². The Morgan fingerprint density at radius 3 is 2.00 bits per heavy atom. The summed E-state index contributed by atoms with van der Waals surface area (Å²) in [7, 11) is 0. The van der Waals surface area contributed by atoms with Gasteiger partial charge in [0.15, 0.2) is 0 Å². The molecule has 0 spiro atoms. The first-order valence-corrected chi connectivity index (χ1v) is 7.58. The van der Waals surface area contributed by atoms with E-state index in [4.69, 9.17) is 5.21 Å². The molecule has 1 aliphatic heterocycles. The number of oxime groups is 1. The fourth-order valence-corrected chi connectivity index (χ4v) is 2.51. The van der Waals surface area contributed by atoms with Gasteiger partial charge in [-0.15, -0.1) is 0 Å². The molecule has 1 heterocycles. The number of rotatable bonds is 4. The Labute approximate surface area is 135 Å². The van der Waals surface area contributed by atoms with E-state index in [-0.39, 0.29) is 0 Å². The number of piperazine rings is 1. The molecule has 2 aromatic rings. The van der Waals surface area contributed by atoms with Crippen LogP contribution in [0.3, 0.4) is 0 Å². The van der Waals surface area contributed by atoms with Gasteiger partial charge in [-0.05, 0) is 36.4 Å². The average Bonchev–Trinajstić information content (AvgIpc) is 2.62. The van der Waals surface area contributed by atoms with Crippen molar-refractivity contribution in [3.05, 3.63) is 54.6 Å². The lowest BCUT2D eigenvalue weighted by molar-refractivity contribution is 0.302. The van der Waals surface area contributed by atoms with Crippen molar-refractivity contribution in [2.75, 3.05) is 31.1 Å². The van der Waals surface area contributed by atoms with Gasteiger partial charge >= 0.3 is 0 Å². The average molecular weight is 309 g/mol. The van der Waals surface area contributed by atoms with Gasteiger partial charge in [0.25, 0.3) is 0 Å². The van der Waals surface area contributed by atoms with Crippen molar-refractivity contribution in [3.8, 4) is 0 Å². The molecule has 0 amide bonds. The highest BCUT2D eigenvalue weighted by Crippen LogP contribution is 2.22. The molecule has 6 nitrogen and oxygen atoms in total. The van der Waals surface area contributed by atoms with Crippen LogP contribution in [0.15, 0.2) is 70.0 Å². The minimum Gasteiger partial charge on any atom is -0.410 e. The minimum atomic E-state index is 0.837. The van der Waals surface area contributed by atoms with Crippen molar-refractivity contribution >= 4 is 23.4 Å². The third-order valence-electron chi connectivity index (χ3n) is 3.78. The zero-order valence-electron chi connectivity index (χ0n) is 12.8. The maximum absolute atomic E-state index is 8.56. The molecule has 118 valence electrons. The summed E-state index contributed by atoms with van der Waals surface area (Å²) in [5.74, 6) is 0. The third kappa shape index (κ3) is 4.06. The highest BCUT2D eigenvalue weighted by atomic mass is 16.4. The van der Waals surface area contributed by atoms with Crippen molar-refractivity contribution in [1.29, 1.82) is 0 Å². The summed E-state index contributed by atoms with van der Waals surface area (Å²) in [6, 6.07) is 17.8. The Hall–Kier alpha value is -2.89. The lowest BCUT2D eigenvalue weighted by atomic mass is 10.2. The summed E-state index contributed by atoms with van der Waals surface area (Å²) in [5, 5.41) is 20.1. The van der Waals surface area contributed by atoms with Gasteiger partial charge in [-0.3, -0.25) is 0 Å². The molecular formula is C17H19N5O. The second-order valence-electron chi connectivity index (χ2n) is 5.31. The standard InChI is InChI=1S/C17H19N5O/c23-18-14-21-10-12-22(13-11-21)17-8-6-16(7-9-17)20-19-15-4-2-1-3-5-15/h1-9,14,23H,10-13H2. The van der Waals surface area contributed by atoms with Crippen molar-refractivity contribution in [2.24, 2.45) is 15.4 Å². The number of anilines is 1. The SMILES string of the molecule is ON=CN1CCN(c2ccc(N=Nc3ccccc3)cc2)CC1. The van der Waals surface area contributed by atoms with Crippen LogP contribution < -0.4 is 4.90 Å². The Kier molecular flexibility index (Phi) is 4.83. The summed E-state index contributed by atoms with van der Waals surface area (Å²) in [6.45, 7) is 3.49. The van der Waals surface area contributed by atoms with E-state index in [1.54, 1.807) is 0 Å². The Bertz CT molecular complexity index is 661. The summed E-state index contributed by atoms with van der Waals surface area (Å²) in [5.41, 5.74) is 2.85. The zero-order valence-corrected chi connectivity index (χ0v) is 12.8. The Balaban J connectivity index is 1.60. The Morgan fingerprint density at radius 1 is 0.783 bits per heavy atom. The van der Waals surface area contributed by atoms with Gasteiger partial charge in [0, 0.05) is 31.9 Å². The van der Waals surface area contributed by atoms with E-state index in [1.807, 2.05) is 47.4 Å². The third-order valence-corrected chi connectivity index (χ3v) is 3.78. The van der Waals surface area contributed by atoms with E-state index in [2.05, 4.69) is 32.4 Å². The quantitative estimate of drug-likeness (QED) is 0.308. The van der Waals surface area contributed by atoms with Crippen molar-refractivity contribution in [1.82, 2.24) is 4.90 Å². The lowest BCUT2D eigenvalue weighted by Crippen LogP contribution is -2.45. The van der Waals surface area contributed by atoms with E-state index >= 15 is 0 Å². The van der Waals surface area contributed by atoms with Gasteiger partial charge in [0.2, 0.25) is 0 Å². The van der Waals surface area contributed by atoms with E-state index in [0.717, 1.165) is 37.6 Å². The van der Waals surface area contributed by atoms with Gasteiger partial charge < -0.3 is 15.0 Å². The first-order chi connectivity index (χ1) is 11.3. The molecule has 23 heavy (non-hydrogen) atoms. The maximum Gasteiger partial charge on any atom is 0.130 e. The lowest BCUT2D eigenvalue weighted by Gasteiger charge is -2.34. The van der Waals surface area contributed by atoms with Crippen LogP contribution in [0.5, 0.6) is 0 Å². The first-order valence-electron chi connectivity index (χ1n) is 7.58. The molecule has 2 aromatic carbocycles. The molecule has 1 fully saturated rings. The van der Waals surface area contributed by atoms with Gasteiger partial charge in [-0.25, -0.2) is 0 Å². The van der Waals surface area contributed by atoms with Crippen LogP contribution in [0.1, 0.15) is 0 Å². The molecule has 0 aromatic heterocycles. The second kappa shape index (κ2) is 7.40. The fourth-order valence-electron chi connectivity index (χ4n) is 2.51. The molecule has 0 atom stereocenters. The van der Waals surface area contributed by atoms with Crippen LogP contribution in [-0.2, 0) is 0 Å². The monoisotopic (exact) mass is 309 g/mol. The minimum absolute atomic E-state index is 0.837. The predicted octanol–water partition coefficient (Wildman–Crippen LogP) is 3.64. The van der Waals surface area contributed by atoms with Crippen LogP contribution in [0, 0.1) is 0 Å². The first kappa shape index (κ1) is 15.0. The van der Waals surface area contributed by atoms with Crippen molar-refractivity contribution in [3.63, 3.8) is 0 Å². The van der Waals surface area contributed by atoms with Gasteiger partial charge in [-0.1, -0.05) is 23.4 Å². The largest absolute Gasteiger partial charge is 0.410 e. The van der Waals surface area contributed by atoms with E-state index < -0.39 is 0 Å². The van der Waals surface area contributed by atoms with E-state index in [1.165, 1.54) is 12.0 Å². The number of nitrogens with zero attached hydrogens (tertiary/aromatic N) is 5. The van der Waals surface area contributed by atoms with Crippen molar-refractivity contribution < 1.29 is 5.21 Å². The number of benzene rings is 2. The fraction of sp³-hybridized carbons (Fsp3) is 0.235. The molecule has 1 aliphatic rings. The molecular weight excluding hydrogens is 290 g/mol. The topological polar surface area (TPSA) is 63.8 Å². The summed E-state index contributed by atoms with van der Waals surface area (Å²) in [6.07, 6.45) is 1.48. The van der Waals surface area contributed by atoms with Gasteiger partial charge in [-0.2, -0.15) is 10.2 Å². The van der Waals surface area contributed by atoms with E-state index in [9.17, 15) is 0 Å². The van der Waals surface area contributed by atoms with Crippen LogP contribution in [0.4, 0.5) is 17.1 Å². The van der Waals surface area contributed by atoms with Gasteiger partial charge in [0.05, 0.1) is 11.4 Å². The molecule has 0 saturated carbocycles. The molecule has 0 unspecified atom stereocenters. The second-order valence-corrected chi connectivity index (χ2v) is 5.31. The molecule has 0 aliphatic carbocycles. The summed E-state index contributed by atoms with van der Waals surface area (Å²) < 4.78 is 0. The molecule has 1 saturated heterocycles. The van der Waals surface area contributed by atoms with E-state index in [0.29, 0.717) is 0 Å². The number of azo groups is 1. The highest BCUT2D eigenvalue weighted by molar-refractivity contribution is 5.56. The smallest absolute Gasteiger partial charge is 0.130 e. The highest BCUT2D eigenvalue weighted by Gasteiger charge is 2.15. The maximum atomic E-state index is 8.56.